The number of ether oxygens (including phenoxy) is 3. The molecule has 0 saturated heterocycles. The van der Waals surface area contributed by atoms with E-state index in [1.54, 1.807) is 24.3 Å². The first kappa shape index (κ1) is 25.2. The number of nitrogens with zero attached hydrogens (tertiary/aromatic N) is 3. The zero-order valence-corrected chi connectivity index (χ0v) is 21.1. The minimum absolute atomic E-state index is 0.00440. The summed E-state index contributed by atoms with van der Waals surface area (Å²) in [5.41, 5.74) is 0.875. The number of hydrogen-bond acceptors (Lipinski definition) is 7. The summed E-state index contributed by atoms with van der Waals surface area (Å²) in [6.45, 7) is 5.41. The summed E-state index contributed by atoms with van der Waals surface area (Å²) in [6, 6.07) is 8.60. The summed E-state index contributed by atoms with van der Waals surface area (Å²) in [4.78, 5) is 29.2. The molecule has 0 saturated carbocycles. The number of carbonyl (C=O) groups is 1. The Bertz CT molecular complexity index is 1280. The van der Waals surface area contributed by atoms with Crippen LogP contribution in [0.15, 0.2) is 44.7 Å². The van der Waals surface area contributed by atoms with Gasteiger partial charge in [-0.2, -0.15) is 9.78 Å². The summed E-state index contributed by atoms with van der Waals surface area (Å²) < 4.78 is 18.4. The van der Waals surface area contributed by atoms with E-state index in [-0.39, 0.29) is 28.7 Å². The number of benzene rings is 2. The molecule has 0 fully saturated rings. The van der Waals surface area contributed by atoms with Gasteiger partial charge in [-0.25, -0.2) is 9.78 Å². The number of rotatable bonds is 9. The number of aliphatic carboxylic acids is 1. The van der Waals surface area contributed by atoms with Crippen LogP contribution in [0.4, 0.5) is 0 Å². The normalized spacial score (nSPS) is 13.1. The molecule has 0 radical (unpaired) electrons. The second-order valence-electron chi connectivity index (χ2n) is 7.66. The number of carboxylic acids is 1. The summed E-state index contributed by atoms with van der Waals surface area (Å²) in [5, 5.41) is 14.1. The molecule has 1 aromatic heterocycles. The lowest BCUT2D eigenvalue weighted by atomic mass is 10.1. The van der Waals surface area contributed by atoms with Crippen LogP contribution in [0, 0.1) is 0 Å². The molecule has 0 aliphatic heterocycles. The molecule has 0 spiro atoms. The molecular formula is C24H26BrN3O6. The third-order valence-corrected chi connectivity index (χ3v) is 5.83. The Labute approximate surface area is 205 Å². The van der Waals surface area contributed by atoms with Crippen molar-refractivity contribution in [3.8, 4) is 17.2 Å². The first-order chi connectivity index (χ1) is 16.2. The van der Waals surface area contributed by atoms with E-state index in [4.69, 9.17) is 19.2 Å². The Morgan fingerprint density at radius 2 is 1.85 bits per heavy atom. The van der Waals surface area contributed by atoms with Gasteiger partial charge in [-0.3, -0.25) is 4.79 Å². The van der Waals surface area contributed by atoms with E-state index in [0.29, 0.717) is 22.3 Å². The Kier molecular flexibility index (Phi) is 7.93. The van der Waals surface area contributed by atoms with Crippen LogP contribution in [0.1, 0.15) is 44.5 Å². The Hall–Kier alpha value is -3.40. The van der Waals surface area contributed by atoms with Gasteiger partial charge in [0.15, 0.2) is 17.6 Å². The lowest BCUT2D eigenvalue weighted by molar-refractivity contribution is -0.144. The molecule has 9 nitrogen and oxygen atoms in total. The van der Waals surface area contributed by atoms with Crippen molar-refractivity contribution in [3.05, 3.63) is 56.5 Å². The quantitative estimate of drug-likeness (QED) is 0.406. The van der Waals surface area contributed by atoms with Gasteiger partial charge >= 0.3 is 5.97 Å². The second kappa shape index (κ2) is 10.7. The van der Waals surface area contributed by atoms with E-state index in [9.17, 15) is 14.7 Å². The van der Waals surface area contributed by atoms with Crippen LogP contribution in [0.5, 0.6) is 17.2 Å². The van der Waals surface area contributed by atoms with Crippen molar-refractivity contribution >= 4 is 39.0 Å². The highest BCUT2D eigenvalue weighted by Gasteiger charge is 2.21. The molecule has 34 heavy (non-hydrogen) atoms. The fourth-order valence-corrected chi connectivity index (χ4v) is 3.58. The molecule has 2 aromatic carbocycles. The van der Waals surface area contributed by atoms with Gasteiger partial charge in [0, 0.05) is 16.0 Å². The number of halogens is 1. The molecule has 0 aliphatic rings. The predicted octanol–water partition coefficient (Wildman–Crippen LogP) is 4.42. The van der Waals surface area contributed by atoms with Crippen LogP contribution < -0.4 is 19.8 Å². The maximum atomic E-state index is 13.3. The third-order valence-electron chi connectivity index (χ3n) is 5.33. The topological polar surface area (TPSA) is 112 Å². The molecule has 180 valence electrons. The molecule has 2 atom stereocenters. The van der Waals surface area contributed by atoms with Gasteiger partial charge in [0.1, 0.15) is 5.82 Å². The predicted molar refractivity (Wildman–Crippen MR) is 133 cm³/mol. The molecule has 3 rings (SSSR count). The Morgan fingerprint density at radius 3 is 2.41 bits per heavy atom. The van der Waals surface area contributed by atoms with Gasteiger partial charge in [0.05, 0.1) is 31.3 Å². The van der Waals surface area contributed by atoms with Crippen LogP contribution in [0.2, 0.25) is 0 Å². The van der Waals surface area contributed by atoms with Crippen molar-refractivity contribution < 1.29 is 24.1 Å². The summed E-state index contributed by atoms with van der Waals surface area (Å²) >= 11 is 3.40. The maximum Gasteiger partial charge on any atom is 0.344 e. The van der Waals surface area contributed by atoms with E-state index in [0.717, 1.165) is 10.9 Å². The lowest BCUT2D eigenvalue weighted by Crippen LogP contribution is -2.24. The summed E-state index contributed by atoms with van der Waals surface area (Å²) in [5.74, 6) is 0.116. The number of hydrogen-bond donors (Lipinski definition) is 1. The van der Waals surface area contributed by atoms with Gasteiger partial charge in [0.2, 0.25) is 5.75 Å². The largest absolute Gasteiger partial charge is 0.493 e. The van der Waals surface area contributed by atoms with E-state index >= 15 is 0 Å². The van der Waals surface area contributed by atoms with Crippen LogP contribution in [-0.2, 0) is 4.79 Å². The molecule has 0 unspecified atom stereocenters. The second-order valence-corrected chi connectivity index (χ2v) is 8.57. The zero-order valence-electron chi connectivity index (χ0n) is 19.5. The molecule has 0 bridgehead atoms. The molecule has 0 aliphatic carbocycles. The molecule has 0 amide bonds. The lowest BCUT2D eigenvalue weighted by Gasteiger charge is -2.17. The van der Waals surface area contributed by atoms with Gasteiger partial charge in [-0.05, 0) is 43.7 Å². The van der Waals surface area contributed by atoms with Crippen LogP contribution >= 0.6 is 15.9 Å². The first-order valence-corrected chi connectivity index (χ1v) is 11.4. The minimum Gasteiger partial charge on any atom is -0.493 e. The van der Waals surface area contributed by atoms with Crippen molar-refractivity contribution in [3.63, 3.8) is 0 Å². The minimum atomic E-state index is -1.12. The van der Waals surface area contributed by atoms with Crippen LogP contribution in [0.25, 0.3) is 10.9 Å². The highest BCUT2D eigenvalue weighted by Crippen LogP contribution is 2.39. The number of fused-ring (bicyclic) bond motifs is 1. The summed E-state index contributed by atoms with van der Waals surface area (Å²) in [7, 11) is 2.87. The fraction of sp³-hybridized carbons (Fsp3) is 0.333. The monoisotopic (exact) mass is 531 g/mol. The van der Waals surface area contributed by atoms with Gasteiger partial charge in [-0.15, -0.1) is 0 Å². The molecular weight excluding hydrogens is 506 g/mol. The molecule has 1 heterocycles. The summed E-state index contributed by atoms with van der Waals surface area (Å²) in [6.07, 6.45) is 1.16. The molecule has 1 N–H and O–H groups in total. The number of aromatic nitrogens is 2. The van der Waals surface area contributed by atoms with Crippen molar-refractivity contribution in [2.24, 2.45) is 5.10 Å². The van der Waals surface area contributed by atoms with E-state index < -0.39 is 12.1 Å². The third kappa shape index (κ3) is 5.22. The van der Waals surface area contributed by atoms with E-state index in [1.165, 1.54) is 32.0 Å². The number of methoxy groups -OCH3 is 2. The van der Waals surface area contributed by atoms with Crippen LogP contribution in [-0.4, -0.2) is 47.3 Å². The smallest absolute Gasteiger partial charge is 0.344 e. The fourth-order valence-electron chi connectivity index (χ4n) is 3.22. The van der Waals surface area contributed by atoms with Gasteiger partial charge in [0.25, 0.3) is 5.56 Å². The highest BCUT2D eigenvalue weighted by atomic mass is 79.9. The zero-order chi connectivity index (χ0) is 25.0. The van der Waals surface area contributed by atoms with E-state index in [1.807, 2.05) is 19.9 Å². The van der Waals surface area contributed by atoms with Crippen molar-refractivity contribution in [2.75, 3.05) is 14.2 Å². The molecule has 10 heteroatoms. The highest BCUT2D eigenvalue weighted by molar-refractivity contribution is 9.10. The van der Waals surface area contributed by atoms with E-state index in [2.05, 4.69) is 21.0 Å². The molecule has 3 aromatic rings. The number of carboxylic acid groups (broad SMARTS) is 1. The van der Waals surface area contributed by atoms with Crippen LogP contribution in [0.3, 0.4) is 0 Å². The Balaban J connectivity index is 2.13. The average Bonchev–Trinajstić information content (AvgIpc) is 2.83. The maximum absolute atomic E-state index is 13.3. The van der Waals surface area contributed by atoms with Crippen molar-refractivity contribution in [1.82, 2.24) is 9.66 Å². The van der Waals surface area contributed by atoms with Crippen molar-refractivity contribution in [2.45, 2.75) is 39.2 Å². The SMILES string of the molecule is CC[C@H](C)c1nc2ccc(Br)cc2c(=O)n1N=Cc1cc(OC)c(O[C@H](C)C(=O)O)c(OC)c1. The van der Waals surface area contributed by atoms with Crippen molar-refractivity contribution in [1.29, 1.82) is 0 Å². The van der Waals surface area contributed by atoms with Gasteiger partial charge in [-0.1, -0.05) is 29.8 Å². The first-order valence-electron chi connectivity index (χ1n) is 10.6. The average molecular weight is 532 g/mol. The van der Waals surface area contributed by atoms with Gasteiger partial charge < -0.3 is 19.3 Å². The Morgan fingerprint density at radius 1 is 1.21 bits per heavy atom. The standard InChI is InChI=1S/C24H26BrN3O6/c1-6-13(2)22-27-18-8-7-16(25)11-17(18)23(29)28(22)26-12-15-9-19(32-4)21(20(10-15)33-5)34-14(3)24(30)31/h7-14H,6H2,1-5H3,(H,30,31)/t13-,14+/m0/s1.